The number of rotatable bonds is 12. The van der Waals surface area contributed by atoms with Crippen molar-refractivity contribution >= 4 is 23.4 Å². The van der Waals surface area contributed by atoms with E-state index >= 15 is 0 Å². The fourth-order valence-electron chi connectivity index (χ4n) is 4.00. The molecule has 5 nitrogen and oxygen atoms in total. The summed E-state index contributed by atoms with van der Waals surface area (Å²) in [4.78, 5) is 28.8. The van der Waals surface area contributed by atoms with E-state index < -0.39 is 6.04 Å². The summed E-state index contributed by atoms with van der Waals surface area (Å²) in [6.45, 7) is 8.30. The molecule has 1 N–H and O–H groups in total. The molecule has 0 bridgehead atoms. The highest BCUT2D eigenvalue weighted by molar-refractivity contribution is 6.30. The third kappa shape index (κ3) is 8.64. The number of nitrogens with zero attached hydrogens (tertiary/aromatic N) is 1. The Morgan fingerprint density at radius 2 is 1.59 bits per heavy atom. The predicted octanol–water partition coefficient (Wildman–Crippen LogP) is 6.40. The van der Waals surface area contributed by atoms with Gasteiger partial charge in [-0.2, -0.15) is 0 Å². The molecule has 0 aliphatic rings. The minimum atomic E-state index is -0.713. The number of halogens is 1. The molecule has 2 atom stereocenters. The lowest BCUT2D eigenvalue weighted by Gasteiger charge is -2.32. The van der Waals surface area contributed by atoms with Crippen molar-refractivity contribution in [3.63, 3.8) is 0 Å². The Kier molecular flexibility index (Phi) is 10.6. The molecule has 2 amide bonds. The van der Waals surface area contributed by atoms with E-state index in [4.69, 9.17) is 16.3 Å². The highest BCUT2D eigenvalue weighted by atomic mass is 35.5. The van der Waals surface area contributed by atoms with Crippen molar-refractivity contribution in [3.8, 4) is 5.75 Å². The highest BCUT2D eigenvalue weighted by Crippen LogP contribution is 2.20. The van der Waals surface area contributed by atoms with E-state index in [1.165, 1.54) is 5.56 Å². The molecule has 0 aliphatic carbocycles. The van der Waals surface area contributed by atoms with Crippen LogP contribution in [-0.4, -0.2) is 35.4 Å². The second-order valence-corrected chi connectivity index (χ2v) is 10.1. The van der Waals surface area contributed by atoms with Gasteiger partial charge < -0.3 is 15.0 Å². The fraction of sp³-hybridized carbons (Fsp3) is 0.355. The summed E-state index contributed by atoms with van der Waals surface area (Å²) >= 11 is 6.24. The minimum absolute atomic E-state index is 0.00961. The van der Waals surface area contributed by atoms with Crippen molar-refractivity contribution in [3.05, 3.63) is 101 Å². The molecule has 37 heavy (non-hydrogen) atoms. The Hall–Kier alpha value is -3.31. The second kappa shape index (κ2) is 13.8. The standard InChI is InChI=1S/C31H37ClN2O3/c1-5-23(4)33-31(36)29(19-24-10-7-6-8-11-24)34(20-25-12-9-13-27(32)18-25)30(35)21-37-28-16-14-26(15-17-28)22(2)3/h6-18,22-23,29H,5,19-21H2,1-4H3,(H,33,36)/t23-,29+/m1/s1. The Bertz CT molecular complexity index is 1150. The van der Waals surface area contributed by atoms with Crippen molar-refractivity contribution in [1.82, 2.24) is 10.2 Å². The van der Waals surface area contributed by atoms with Gasteiger partial charge in [0.2, 0.25) is 5.91 Å². The largest absolute Gasteiger partial charge is 0.484 e. The maximum absolute atomic E-state index is 13.7. The summed E-state index contributed by atoms with van der Waals surface area (Å²) in [7, 11) is 0. The molecule has 0 radical (unpaired) electrons. The van der Waals surface area contributed by atoms with Gasteiger partial charge in [0.05, 0.1) is 0 Å². The Morgan fingerprint density at radius 3 is 2.22 bits per heavy atom. The lowest BCUT2D eigenvalue weighted by molar-refractivity contribution is -0.143. The quantitative estimate of drug-likeness (QED) is 0.301. The molecular weight excluding hydrogens is 484 g/mol. The van der Waals surface area contributed by atoms with E-state index in [1.54, 1.807) is 11.0 Å². The van der Waals surface area contributed by atoms with Crippen molar-refractivity contribution in [1.29, 1.82) is 0 Å². The van der Waals surface area contributed by atoms with Gasteiger partial charge in [-0.1, -0.05) is 87.0 Å². The molecule has 3 rings (SSSR count). The van der Waals surface area contributed by atoms with Gasteiger partial charge in [-0.25, -0.2) is 0 Å². The highest BCUT2D eigenvalue weighted by Gasteiger charge is 2.31. The number of amides is 2. The normalized spacial score (nSPS) is 12.6. The average molecular weight is 521 g/mol. The number of hydrogen-bond donors (Lipinski definition) is 1. The van der Waals surface area contributed by atoms with E-state index in [-0.39, 0.29) is 31.0 Å². The lowest BCUT2D eigenvalue weighted by atomic mass is 10.0. The molecule has 0 aliphatic heterocycles. The molecule has 6 heteroatoms. The average Bonchev–Trinajstić information content (AvgIpc) is 2.90. The van der Waals surface area contributed by atoms with Crippen LogP contribution in [-0.2, 0) is 22.6 Å². The maximum Gasteiger partial charge on any atom is 0.261 e. The number of carbonyl (C=O) groups is 2. The Labute approximate surface area is 225 Å². The van der Waals surface area contributed by atoms with Gasteiger partial charge in [0.15, 0.2) is 6.61 Å². The van der Waals surface area contributed by atoms with Gasteiger partial charge in [0.25, 0.3) is 5.91 Å². The third-order valence-corrected chi connectivity index (χ3v) is 6.66. The number of carbonyl (C=O) groups excluding carboxylic acids is 2. The van der Waals surface area contributed by atoms with Gasteiger partial charge in [-0.05, 0) is 60.2 Å². The summed E-state index contributed by atoms with van der Waals surface area (Å²) < 4.78 is 5.88. The fourth-order valence-corrected chi connectivity index (χ4v) is 4.22. The van der Waals surface area contributed by atoms with Crippen LogP contribution < -0.4 is 10.1 Å². The van der Waals surface area contributed by atoms with Crippen LogP contribution in [0.4, 0.5) is 0 Å². The summed E-state index contributed by atoms with van der Waals surface area (Å²) in [5, 5.41) is 3.65. The van der Waals surface area contributed by atoms with Crippen LogP contribution in [0.1, 0.15) is 56.7 Å². The summed E-state index contributed by atoms with van der Waals surface area (Å²) in [5.74, 6) is 0.568. The van der Waals surface area contributed by atoms with Crippen molar-refractivity contribution in [2.24, 2.45) is 0 Å². The van der Waals surface area contributed by atoms with Crippen LogP contribution in [0.15, 0.2) is 78.9 Å². The topological polar surface area (TPSA) is 58.6 Å². The van der Waals surface area contributed by atoms with Gasteiger partial charge in [-0.3, -0.25) is 9.59 Å². The molecular formula is C31H37ClN2O3. The SMILES string of the molecule is CC[C@@H](C)NC(=O)[C@H](Cc1ccccc1)N(Cc1cccc(Cl)c1)C(=O)COc1ccc(C(C)C)cc1. The van der Waals surface area contributed by atoms with Crippen LogP contribution in [0.3, 0.4) is 0 Å². The van der Waals surface area contributed by atoms with Crippen molar-refractivity contribution in [2.45, 2.75) is 65.1 Å². The first kappa shape index (κ1) is 28.3. The zero-order chi connectivity index (χ0) is 26.8. The maximum atomic E-state index is 13.7. The molecule has 0 saturated heterocycles. The van der Waals surface area contributed by atoms with Crippen LogP contribution >= 0.6 is 11.6 Å². The second-order valence-electron chi connectivity index (χ2n) is 9.69. The van der Waals surface area contributed by atoms with Gasteiger partial charge in [0, 0.05) is 24.0 Å². The first-order valence-corrected chi connectivity index (χ1v) is 13.3. The molecule has 0 aromatic heterocycles. The van der Waals surface area contributed by atoms with Gasteiger partial charge in [0.1, 0.15) is 11.8 Å². The number of ether oxygens (including phenoxy) is 1. The van der Waals surface area contributed by atoms with Crippen LogP contribution in [0, 0.1) is 0 Å². The molecule has 0 unspecified atom stereocenters. The van der Waals surface area contributed by atoms with Crippen LogP contribution in [0.5, 0.6) is 5.75 Å². The first-order chi connectivity index (χ1) is 17.8. The molecule has 3 aromatic carbocycles. The van der Waals surface area contributed by atoms with Gasteiger partial charge in [-0.15, -0.1) is 0 Å². The van der Waals surface area contributed by atoms with Crippen molar-refractivity contribution in [2.75, 3.05) is 6.61 Å². The zero-order valence-corrected chi connectivity index (χ0v) is 22.9. The van der Waals surface area contributed by atoms with Crippen LogP contribution in [0.25, 0.3) is 0 Å². The van der Waals surface area contributed by atoms with E-state index in [9.17, 15) is 9.59 Å². The summed E-state index contributed by atoms with van der Waals surface area (Å²) in [6.07, 6.45) is 1.18. The van der Waals surface area contributed by atoms with E-state index in [0.717, 1.165) is 17.5 Å². The third-order valence-electron chi connectivity index (χ3n) is 6.42. The first-order valence-electron chi connectivity index (χ1n) is 12.9. The van der Waals surface area contributed by atoms with E-state index in [2.05, 4.69) is 19.2 Å². The lowest BCUT2D eigenvalue weighted by Crippen LogP contribution is -2.53. The summed E-state index contributed by atoms with van der Waals surface area (Å²) in [5.41, 5.74) is 3.02. The van der Waals surface area contributed by atoms with Crippen LogP contribution in [0.2, 0.25) is 5.02 Å². The molecule has 3 aromatic rings. The number of benzene rings is 3. The summed E-state index contributed by atoms with van der Waals surface area (Å²) in [6, 6.07) is 24.2. The zero-order valence-electron chi connectivity index (χ0n) is 22.1. The van der Waals surface area contributed by atoms with E-state index in [0.29, 0.717) is 23.1 Å². The van der Waals surface area contributed by atoms with Gasteiger partial charge >= 0.3 is 0 Å². The van der Waals surface area contributed by atoms with Crippen molar-refractivity contribution < 1.29 is 14.3 Å². The number of nitrogens with one attached hydrogen (secondary N) is 1. The minimum Gasteiger partial charge on any atom is -0.484 e. The molecule has 196 valence electrons. The predicted molar refractivity (Wildman–Crippen MR) is 150 cm³/mol. The molecule has 0 heterocycles. The molecule has 0 spiro atoms. The number of hydrogen-bond acceptors (Lipinski definition) is 3. The Morgan fingerprint density at radius 1 is 0.919 bits per heavy atom. The monoisotopic (exact) mass is 520 g/mol. The Balaban J connectivity index is 1.89. The molecule has 0 saturated carbocycles. The molecule has 0 fully saturated rings. The van der Waals surface area contributed by atoms with E-state index in [1.807, 2.05) is 86.6 Å². The smallest absolute Gasteiger partial charge is 0.261 e.